The number of oxime groups is 1. The van der Waals surface area contributed by atoms with Gasteiger partial charge in [0, 0.05) is 18.3 Å². The van der Waals surface area contributed by atoms with Gasteiger partial charge in [-0.15, -0.1) is 0 Å². The van der Waals surface area contributed by atoms with Crippen LogP contribution in [0.5, 0.6) is 5.75 Å². The van der Waals surface area contributed by atoms with E-state index in [1.807, 2.05) is 13.8 Å². The number of methoxy groups -OCH3 is 1. The number of hydrogen-bond acceptors (Lipinski definition) is 7. The van der Waals surface area contributed by atoms with Crippen LogP contribution in [-0.4, -0.2) is 44.2 Å². The van der Waals surface area contributed by atoms with Gasteiger partial charge in [0.05, 0.1) is 24.9 Å². The normalized spacial score (nSPS) is 12.9. The molecule has 1 heterocycles. The lowest BCUT2D eigenvalue weighted by Gasteiger charge is -2.18. The van der Waals surface area contributed by atoms with Crippen LogP contribution in [0.2, 0.25) is 0 Å². The number of benzene rings is 1. The third-order valence-electron chi connectivity index (χ3n) is 4.92. The van der Waals surface area contributed by atoms with Crippen LogP contribution >= 0.6 is 11.8 Å². The summed E-state index contributed by atoms with van der Waals surface area (Å²) in [6.45, 7) is 9.44. The third kappa shape index (κ3) is 7.46. The second-order valence-electron chi connectivity index (χ2n) is 8.44. The van der Waals surface area contributed by atoms with Gasteiger partial charge in [-0.05, 0) is 56.4 Å². The summed E-state index contributed by atoms with van der Waals surface area (Å²) in [5, 5.41) is 15.3. The van der Waals surface area contributed by atoms with E-state index >= 15 is 0 Å². The molecule has 1 N–H and O–H groups in total. The lowest BCUT2D eigenvalue weighted by molar-refractivity contribution is 0.0859. The predicted molar refractivity (Wildman–Crippen MR) is 134 cm³/mol. The topological polar surface area (TPSA) is 95.1 Å². The van der Waals surface area contributed by atoms with Crippen LogP contribution < -0.4 is 16.0 Å². The van der Waals surface area contributed by atoms with Crippen molar-refractivity contribution >= 4 is 17.5 Å². The maximum Gasteiger partial charge on any atom is 0.331 e. The molecule has 188 valence electrons. The van der Waals surface area contributed by atoms with Gasteiger partial charge in [-0.25, -0.2) is 9.18 Å². The highest BCUT2D eigenvalue weighted by molar-refractivity contribution is 7.99. The highest BCUT2D eigenvalue weighted by atomic mass is 32.2. The SMILES string of the molecule is COc1ccc(F)cc1C(O)Cn1cc(/C(C)=N/OC(C)C)c(=O)n(CCCSC(C)C)c1=O. The molecule has 0 amide bonds. The molecule has 2 aromatic rings. The van der Waals surface area contributed by atoms with Crippen molar-refractivity contribution < 1.29 is 19.1 Å². The Labute approximate surface area is 203 Å². The first-order valence-electron chi connectivity index (χ1n) is 11.2. The number of thioether (sulfide) groups is 1. The average Bonchev–Trinajstić information content (AvgIpc) is 2.78. The van der Waals surface area contributed by atoms with Gasteiger partial charge < -0.3 is 14.7 Å². The molecular formula is C24H34FN3O5S. The molecule has 0 fully saturated rings. The van der Waals surface area contributed by atoms with E-state index in [1.165, 1.54) is 30.0 Å². The molecule has 2 rings (SSSR count). The highest BCUT2D eigenvalue weighted by Crippen LogP contribution is 2.26. The van der Waals surface area contributed by atoms with Crippen molar-refractivity contribution in [1.82, 2.24) is 9.13 Å². The molecule has 0 saturated carbocycles. The Kier molecular flexibility index (Phi) is 10.4. The van der Waals surface area contributed by atoms with Crippen molar-refractivity contribution in [3.8, 4) is 5.75 Å². The Hall–Kier alpha value is -2.59. The zero-order valence-electron chi connectivity index (χ0n) is 20.6. The van der Waals surface area contributed by atoms with E-state index in [2.05, 4.69) is 19.0 Å². The molecule has 0 aliphatic heterocycles. The molecule has 8 nitrogen and oxygen atoms in total. The Morgan fingerprint density at radius 3 is 2.56 bits per heavy atom. The third-order valence-corrected chi connectivity index (χ3v) is 6.12. The van der Waals surface area contributed by atoms with E-state index in [0.29, 0.717) is 23.1 Å². The maximum atomic E-state index is 13.8. The molecular weight excluding hydrogens is 461 g/mol. The number of ether oxygens (including phenoxy) is 1. The molecule has 34 heavy (non-hydrogen) atoms. The molecule has 0 bridgehead atoms. The number of rotatable bonds is 12. The lowest BCUT2D eigenvalue weighted by atomic mass is 10.1. The van der Waals surface area contributed by atoms with E-state index in [-0.39, 0.29) is 30.3 Å². The lowest BCUT2D eigenvalue weighted by Crippen LogP contribution is -2.43. The van der Waals surface area contributed by atoms with E-state index < -0.39 is 23.2 Å². The van der Waals surface area contributed by atoms with Crippen LogP contribution in [0.15, 0.2) is 39.1 Å². The molecule has 10 heteroatoms. The van der Waals surface area contributed by atoms with Crippen molar-refractivity contribution in [3.05, 3.63) is 62.2 Å². The van der Waals surface area contributed by atoms with Crippen LogP contribution in [0, 0.1) is 5.82 Å². The summed E-state index contributed by atoms with van der Waals surface area (Å²) in [6, 6.07) is 3.80. The Balaban J connectivity index is 2.49. The number of nitrogens with zero attached hydrogens (tertiary/aromatic N) is 3. The minimum absolute atomic E-state index is 0.182. The summed E-state index contributed by atoms with van der Waals surface area (Å²) >= 11 is 1.74. The molecule has 1 aromatic carbocycles. The molecule has 0 aliphatic carbocycles. The molecule has 1 atom stereocenters. The summed E-state index contributed by atoms with van der Waals surface area (Å²) in [5.41, 5.74) is -0.321. The smallest absolute Gasteiger partial charge is 0.331 e. The van der Waals surface area contributed by atoms with Crippen molar-refractivity contribution in [2.75, 3.05) is 12.9 Å². The van der Waals surface area contributed by atoms with Gasteiger partial charge in [-0.1, -0.05) is 19.0 Å². The Morgan fingerprint density at radius 1 is 1.24 bits per heavy atom. The fourth-order valence-electron chi connectivity index (χ4n) is 3.26. The number of aliphatic hydroxyl groups is 1. The summed E-state index contributed by atoms with van der Waals surface area (Å²) in [7, 11) is 1.41. The van der Waals surface area contributed by atoms with Crippen LogP contribution in [0.3, 0.4) is 0 Å². The highest BCUT2D eigenvalue weighted by Gasteiger charge is 2.19. The zero-order valence-corrected chi connectivity index (χ0v) is 21.4. The van der Waals surface area contributed by atoms with Gasteiger partial charge in [0.1, 0.15) is 23.8 Å². The maximum absolute atomic E-state index is 13.8. The van der Waals surface area contributed by atoms with Crippen molar-refractivity contribution in [3.63, 3.8) is 0 Å². The van der Waals surface area contributed by atoms with Gasteiger partial charge >= 0.3 is 5.69 Å². The average molecular weight is 496 g/mol. The van der Waals surface area contributed by atoms with E-state index in [4.69, 9.17) is 9.57 Å². The Morgan fingerprint density at radius 2 is 1.94 bits per heavy atom. The largest absolute Gasteiger partial charge is 0.496 e. The minimum atomic E-state index is -1.25. The molecule has 1 aromatic heterocycles. The van der Waals surface area contributed by atoms with Crippen molar-refractivity contribution in [2.45, 2.75) is 71.6 Å². The van der Waals surface area contributed by atoms with E-state index in [0.717, 1.165) is 16.4 Å². The van der Waals surface area contributed by atoms with Gasteiger partial charge in [0.2, 0.25) is 0 Å². The first-order valence-corrected chi connectivity index (χ1v) is 12.3. The molecule has 0 radical (unpaired) electrons. The molecule has 0 saturated heterocycles. The van der Waals surface area contributed by atoms with Crippen molar-refractivity contribution in [2.24, 2.45) is 5.16 Å². The monoisotopic (exact) mass is 495 g/mol. The quantitative estimate of drug-likeness (QED) is 0.275. The van der Waals surface area contributed by atoms with Gasteiger partial charge in [0.15, 0.2) is 0 Å². The van der Waals surface area contributed by atoms with Gasteiger partial charge in [0.25, 0.3) is 5.56 Å². The number of aromatic nitrogens is 2. The van der Waals surface area contributed by atoms with Gasteiger partial charge in [-0.3, -0.25) is 13.9 Å². The summed E-state index contributed by atoms with van der Waals surface area (Å²) in [6.07, 6.45) is 0.559. The van der Waals surface area contributed by atoms with Crippen LogP contribution in [0.25, 0.3) is 0 Å². The fourth-order valence-corrected chi connectivity index (χ4v) is 4.02. The number of halogens is 1. The van der Waals surface area contributed by atoms with Crippen LogP contribution in [0.4, 0.5) is 4.39 Å². The summed E-state index contributed by atoms with van der Waals surface area (Å²) in [4.78, 5) is 31.6. The predicted octanol–water partition coefficient (Wildman–Crippen LogP) is 3.57. The summed E-state index contributed by atoms with van der Waals surface area (Å²) in [5.74, 6) is 0.550. The fraction of sp³-hybridized carbons (Fsp3) is 0.542. The second-order valence-corrected chi connectivity index (χ2v) is 10.1. The molecule has 1 unspecified atom stereocenters. The van der Waals surface area contributed by atoms with Crippen LogP contribution in [0.1, 0.15) is 58.3 Å². The number of hydrogen-bond donors (Lipinski definition) is 1. The summed E-state index contributed by atoms with van der Waals surface area (Å²) < 4.78 is 21.4. The first kappa shape index (κ1) is 27.7. The van der Waals surface area contributed by atoms with E-state index in [9.17, 15) is 19.1 Å². The van der Waals surface area contributed by atoms with E-state index in [1.54, 1.807) is 18.7 Å². The number of aliphatic hydroxyl groups excluding tert-OH is 1. The van der Waals surface area contributed by atoms with Crippen LogP contribution in [-0.2, 0) is 17.9 Å². The van der Waals surface area contributed by atoms with Gasteiger partial charge in [-0.2, -0.15) is 11.8 Å². The Bertz CT molecular complexity index is 1110. The minimum Gasteiger partial charge on any atom is -0.496 e. The van der Waals surface area contributed by atoms with Crippen molar-refractivity contribution in [1.29, 1.82) is 0 Å². The zero-order chi connectivity index (χ0) is 25.4. The standard InChI is InChI=1S/C24H34FN3O5S/c1-15(2)33-26-17(5)20-13-27(14-21(29)19-12-18(25)8-9-22(19)32-6)24(31)28(23(20)30)10-7-11-34-16(3)4/h8-9,12-13,15-16,21,29H,7,10-11,14H2,1-6H3/b26-17+. The molecule has 0 spiro atoms. The molecule has 0 aliphatic rings. The second kappa shape index (κ2) is 12.8. The first-order chi connectivity index (χ1) is 16.0.